The lowest BCUT2D eigenvalue weighted by molar-refractivity contribution is 0.218. The number of aromatic nitrogens is 2. The molecule has 0 N–H and O–H groups in total. The summed E-state index contributed by atoms with van der Waals surface area (Å²) in [6.45, 7) is 2.26. The predicted octanol–water partition coefficient (Wildman–Crippen LogP) is -0.00308. The Morgan fingerprint density at radius 1 is 1.56 bits per heavy atom. The molecule has 1 aromatic heterocycles. The molecule has 0 aromatic carbocycles. The third-order valence-electron chi connectivity index (χ3n) is 2.79. The molecule has 7 heteroatoms. The lowest BCUT2D eigenvalue weighted by Crippen LogP contribution is -2.32. The molecule has 1 unspecified atom stereocenters. The van der Waals surface area contributed by atoms with Gasteiger partial charge in [-0.15, -0.1) is 0 Å². The second kappa shape index (κ2) is 4.14. The number of hydrogen-bond acceptors (Lipinski definition) is 6. The average molecular weight is 245 g/mol. The molecular formula is C9H15N3O3S. The molecule has 1 aliphatic rings. The van der Waals surface area contributed by atoms with Crippen LogP contribution in [-0.4, -0.2) is 48.1 Å². The molecule has 1 atom stereocenters. The van der Waals surface area contributed by atoms with E-state index in [4.69, 9.17) is 4.52 Å². The first kappa shape index (κ1) is 11.5. The number of hydrogen-bond donors (Lipinski definition) is 0. The third kappa shape index (κ3) is 2.59. The molecule has 1 fully saturated rings. The summed E-state index contributed by atoms with van der Waals surface area (Å²) in [5.74, 6) is 1.65. The minimum atomic E-state index is -2.84. The highest BCUT2D eigenvalue weighted by Gasteiger charge is 2.31. The van der Waals surface area contributed by atoms with Crippen LogP contribution in [0.2, 0.25) is 0 Å². The van der Waals surface area contributed by atoms with Crippen LogP contribution in [0, 0.1) is 6.92 Å². The molecule has 0 aliphatic carbocycles. The van der Waals surface area contributed by atoms with Gasteiger partial charge in [0.15, 0.2) is 15.7 Å². The van der Waals surface area contributed by atoms with Gasteiger partial charge in [-0.3, -0.25) is 4.90 Å². The molecule has 1 saturated heterocycles. The van der Waals surface area contributed by atoms with Gasteiger partial charge in [-0.25, -0.2) is 8.42 Å². The van der Waals surface area contributed by atoms with Crippen LogP contribution >= 0.6 is 0 Å². The quantitative estimate of drug-likeness (QED) is 0.746. The topological polar surface area (TPSA) is 76.3 Å². The average Bonchev–Trinajstić information content (AvgIpc) is 2.72. The Labute approximate surface area is 94.6 Å². The highest BCUT2D eigenvalue weighted by molar-refractivity contribution is 7.91. The van der Waals surface area contributed by atoms with E-state index in [2.05, 4.69) is 10.1 Å². The third-order valence-corrected chi connectivity index (χ3v) is 4.54. The first-order valence-corrected chi connectivity index (χ1v) is 6.98. The maximum absolute atomic E-state index is 11.3. The molecule has 0 saturated carbocycles. The molecule has 0 bridgehead atoms. The zero-order valence-corrected chi connectivity index (χ0v) is 10.2. The van der Waals surface area contributed by atoms with E-state index in [1.165, 1.54) is 0 Å². The molecule has 1 aromatic rings. The Hall–Kier alpha value is -0.950. The molecule has 0 amide bonds. The molecule has 2 rings (SSSR count). The first-order chi connectivity index (χ1) is 7.46. The van der Waals surface area contributed by atoms with Crippen LogP contribution in [-0.2, 0) is 16.4 Å². The minimum Gasteiger partial charge on any atom is -0.338 e. The van der Waals surface area contributed by atoms with E-state index in [1.54, 1.807) is 6.92 Å². The van der Waals surface area contributed by atoms with Crippen LogP contribution in [0.15, 0.2) is 4.52 Å². The SMILES string of the molecule is Cc1noc(CN(C)C2CCS(=O)(=O)C2)n1. The van der Waals surface area contributed by atoms with E-state index < -0.39 is 9.84 Å². The van der Waals surface area contributed by atoms with Crippen molar-refractivity contribution in [2.75, 3.05) is 18.6 Å². The molecule has 6 nitrogen and oxygen atoms in total. The Bertz CT molecular complexity index is 468. The van der Waals surface area contributed by atoms with Gasteiger partial charge in [0.25, 0.3) is 0 Å². The largest absolute Gasteiger partial charge is 0.338 e. The molecule has 0 spiro atoms. The van der Waals surface area contributed by atoms with Crippen molar-refractivity contribution in [3.8, 4) is 0 Å². The second-order valence-corrected chi connectivity index (χ2v) is 6.44. The zero-order valence-electron chi connectivity index (χ0n) is 9.38. The van der Waals surface area contributed by atoms with Gasteiger partial charge >= 0.3 is 0 Å². The van der Waals surface area contributed by atoms with Crippen LogP contribution < -0.4 is 0 Å². The smallest absolute Gasteiger partial charge is 0.240 e. The van der Waals surface area contributed by atoms with E-state index in [9.17, 15) is 8.42 Å². The molecule has 1 aliphatic heterocycles. The summed E-state index contributed by atoms with van der Waals surface area (Å²) in [5, 5.41) is 3.69. The first-order valence-electron chi connectivity index (χ1n) is 5.16. The van der Waals surface area contributed by atoms with Gasteiger partial charge in [-0.2, -0.15) is 4.98 Å². The molecule has 2 heterocycles. The standard InChI is InChI=1S/C9H15N3O3S/c1-7-10-9(15-11-7)5-12(2)8-3-4-16(13,14)6-8/h8H,3-6H2,1-2H3. The fourth-order valence-electron chi connectivity index (χ4n) is 1.87. The van der Waals surface area contributed by atoms with Crippen molar-refractivity contribution in [1.29, 1.82) is 0 Å². The number of rotatable bonds is 3. The van der Waals surface area contributed by atoms with Gasteiger partial charge in [-0.1, -0.05) is 5.16 Å². The number of sulfone groups is 1. The Morgan fingerprint density at radius 3 is 2.81 bits per heavy atom. The van der Waals surface area contributed by atoms with Gasteiger partial charge in [0.05, 0.1) is 18.1 Å². The van der Waals surface area contributed by atoms with Crippen LogP contribution in [0.1, 0.15) is 18.1 Å². The number of aryl methyl sites for hydroxylation is 1. The van der Waals surface area contributed by atoms with Gasteiger partial charge < -0.3 is 4.52 Å². The van der Waals surface area contributed by atoms with E-state index in [0.29, 0.717) is 24.7 Å². The summed E-state index contributed by atoms with van der Waals surface area (Å²) in [5.41, 5.74) is 0. The van der Waals surface area contributed by atoms with E-state index in [-0.39, 0.29) is 17.5 Å². The summed E-state index contributed by atoms with van der Waals surface area (Å²) >= 11 is 0. The molecule has 0 radical (unpaired) electrons. The van der Waals surface area contributed by atoms with Crippen molar-refractivity contribution in [1.82, 2.24) is 15.0 Å². The highest BCUT2D eigenvalue weighted by Crippen LogP contribution is 2.17. The van der Waals surface area contributed by atoms with Gasteiger partial charge in [0.2, 0.25) is 5.89 Å². The van der Waals surface area contributed by atoms with Crippen LogP contribution in [0.3, 0.4) is 0 Å². The Morgan fingerprint density at radius 2 is 2.31 bits per heavy atom. The van der Waals surface area contributed by atoms with Crippen molar-refractivity contribution in [3.63, 3.8) is 0 Å². The maximum Gasteiger partial charge on any atom is 0.240 e. The van der Waals surface area contributed by atoms with Gasteiger partial charge in [-0.05, 0) is 20.4 Å². The summed E-state index contributed by atoms with van der Waals surface area (Å²) in [6, 6.07) is 0.0669. The second-order valence-electron chi connectivity index (χ2n) is 4.21. The maximum atomic E-state index is 11.3. The Balaban J connectivity index is 1.96. The summed E-state index contributed by atoms with van der Waals surface area (Å²) in [7, 11) is -0.956. The zero-order chi connectivity index (χ0) is 11.8. The predicted molar refractivity (Wildman–Crippen MR) is 57.6 cm³/mol. The van der Waals surface area contributed by atoms with E-state index >= 15 is 0 Å². The van der Waals surface area contributed by atoms with E-state index in [1.807, 2.05) is 11.9 Å². The van der Waals surface area contributed by atoms with Crippen LogP contribution in [0.4, 0.5) is 0 Å². The lowest BCUT2D eigenvalue weighted by Gasteiger charge is -2.20. The van der Waals surface area contributed by atoms with Crippen LogP contribution in [0.25, 0.3) is 0 Å². The fourth-order valence-corrected chi connectivity index (χ4v) is 3.67. The molecule has 16 heavy (non-hydrogen) atoms. The van der Waals surface area contributed by atoms with Crippen molar-refractivity contribution >= 4 is 9.84 Å². The van der Waals surface area contributed by atoms with Crippen LogP contribution in [0.5, 0.6) is 0 Å². The van der Waals surface area contributed by atoms with Crippen molar-refractivity contribution in [3.05, 3.63) is 11.7 Å². The van der Waals surface area contributed by atoms with Gasteiger partial charge in [0.1, 0.15) is 0 Å². The summed E-state index contributed by atoms with van der Waals surface area (Å²) in [6.07, 6.45) is 0.686. The lowest BCUT2D eigenvalue weighted by atomic mass is 10.2. The summed E-state index contributed by atoms with van der Waals surface area (Å²) < 4.78 is 27.6. The highest BCUT2D eigenvalue weighted by atomic mass is 32.2. The Kier molecular flexibility index (Phi) is 2.98. The van der Waals surface area contributed by atoms with Gasteiger partial charge in [0, 0.05) is 6.04 Å². The van der Waals surface area contributed by atoms with Crippen molar-refractivity contribution < 1.29 is 12.9 Å². The fraction of sp³-hybridized carbons (Fsp3) is 0.778. The minimum absolute atomic E-state index is 0.0669. The number of nitrogens with zero attached hydrogens (tertiary/aromatic N) is 3. The van der Waals surface area contributed by atoms with Crippen molar-refractivity contribution in [2.24, 2.45) is 0 Å². The summed E-state index contributed by atoms with van der Waals surface area (Å²) in [4.78, 5) is 6.05. The normalized spacial score (nSPS) is 24.1. The molecule has 90 valence electrons. The van der Waals surface area contributed by atoms with E-state index in [0.717, 1.165) is 0 Å². The van der Waals surface area contributed by atoms with Crippen molar-refractivity contribution in [2.45, 2.75) is 25.9 Å². The molecular weight excluding hydrogens is 230 g/mol. The monoisotopic (exact) mass is 245 g/mol.